The quantitative estimate of drug-likeness (QED) is 0.783. The number of para-hydroxylation sites is 1. The number of benzene rings is 1. The lowest BCUT2D eigenvalue weighted by molar-refractivity contribution is -0.141. The number of nitrogens with two attached hydrogens (primary N) is 1. The van der Waals surface area contributed by atoms with Crippen molar-refractivity contribution in [1.29, 1.82) is 0 Å². The van der Waals surface area contributed by atoms with Gasteiger partial charge in [0.1, 0.15) is 16.7 Å². The Morgan fingerprint density at radius 3 is 2.89 bits per heavy atom. The summed E-state index contributed by atoms with van der Waals surface area (Å²) in [6.07, 6.45) is 2.27. The molecule has 28 heavy (non-hydrogen) atoms. The first-order valence-electron chi connectivity index (χ1n) is 9.58. The number of rotatable bonds is 2. The van der Waals surface area contributed by atoms with Crippen LogP contribution in [0.4, 0.5) is 5.69 Å². The minimum absolute atomic E-state index is 0.0730. The predicted molar refractivity (Wildman–Crippen MR) is 99.0 cm³/mol. The molecule has 0 fully saturated rings. The van der Waals surface area contributed by atoms with Gasteiger partial charge in [0.15, 0.2) is 5.78 Å². The maximum absolute atomic E-state index is 13.9. The second-order valence-electron chi connectivity index (χ2n) is 7.41. The van der Waals surface area contributed by atoms with Gasteiger partial charge < -0.3 is 20.1 Å². The van der Waals surface area contributed by atoms with E-state index >= 15 is 0 Å². The average Bonchev–Trinajstić information content (AvgIpc) is 3.16. The van der Waals surface area contributed by atoms with Crippen molar-refractivity contribution in [3.05, 3.63) is 52.1 Å². The van der Waals surface area contributed by atoms with Gasteiger partial charge in [0.05, 0.1) is 17.9 Å². The number of anilines is 1. The molecule has 1 aromatic rings. The maximum atomic E-state index is 13.9. The van der Waals surface area contributed by atoms with Crippen molar-refractivity contribution in [2.45, 2.75) is 38.0 Å². The van der Waals surface area contributed by atoms with E-state index in [0.717, 1.165) is 24.1 Å². The van der Waals surface area contributed by atoms with Crippen molar-refractivity contribution >= 4 is 23.3 Å². The molecule has 3 heterocycles. The standard InChI is InChI=1S/C21H20N2O5/c1-2-27-19(25)16-18(22)28-14-9-8-13(24)15(14)21(16)12-7-3-5-11-6-4-10-23(17(11)12)20(21)26/h3,5,7H,2,4,6,8-10,22H2,1H3. The normalized spacial score (nSPS) is 25.2. The van der Waals surface area contributed by atoms with E-state index in [4.69, 9.17) is 15.2 Å². The molecule has 2 N–H and O–H groups in total. The van der Waals surface area contributed by atoms with Crippen LogP contribution >= 0.6 is 0 Å². The van der Waals surface area contributed by atoms with E-state index in [1.54, 1.807) is 11.8 Å². The summed E-state index contributed by atoms with van der Waals surface area (Å²) in [5, 5.41) is 0. The number of aryl methyl sites for hydroxylation is 1. The third kappa shape index (κ3) is 1.86. The highest BCUT2D eigenvalue weighted by atomic mass is 16.5. The van der Waals surface area contributed by atoms with Crippen molar-refractivity contribution in [2.75, 3.05) is 18.1 Å². The van der Waals surface area contributed by atoms with Crippen LogP contribution in [0.2, 0.25) is 0 Å². The van der Waals surface area contributed by atoms with Gasteiger partial charge in [-0.1, -0.05) is 18.2 Å². The first-order chi connectivity index (χ1) is 13.5. The second kappa shape index (κ2) is 5.70. The van der Waals surface area contributed by atoms with E-state index in [-0.39, 0.29) is 41.7 Å². The van der Waals surface area contributed by atoms with Gasteiger partial charge in [-0.3, -0.25) is 9.59 Å². The summed E-state index contributed by atoms with van der Waals surface area (Å²) in [5.41, 5.74) is 7.23. The number of allylic oxidation sites excluding steroid dienone is 1. The molecular weight excluding hydrogens is 360 g/mol. The van der Waals surface area contributed by atoms with Crippen molar-refractivity contribution in [3.8, 4) is 0 Å². The predicted octanol–water partition coefficient (Wildman–Crippen LogP) is 1.60. The fourth-order valence-electron chi connectivity index (χ4n) is 5.06. The number of carbonyl (C=O) groups excluding carboxylic acids is 3. The molecule has 7 nitrogen and oxygen atoms in total. The van der Waals surface area contributed by atoms with E-state index in [1.807, 2.05) is 18.2 Å². The van der Waals surface area contributed by atoms with Gasteiger partial charge in [0, 0.05) is 24.9 Å². The fourth-order valence-corrected chi connectivity index (χ4v) is 5.06. The lowest BCUT2D eigenvalue weighted by atomic mass is 9.67. The molecule has 0 radical (unpaired) electrons. The van der Waals surface area contributed by atoms with Gasteiger partial charge in [0.2, 0.25) is 11.8 Å². The molecule has 1 unspecified atom stereocenters. The number of amides is 1. The molecule has 1 spiro atoms. The van der Waals surface area contributed by atoms with E-state index in [1.165, 1.54) is 0 Å². The number of carbonyl (C=O) groups is 3. The molecule has 3 aliphatic heterocycles. The summed E-state index contributed by atoms with van der Waals surface area (Å²) in [5.74, 6) is -0.988. The van der Waals surface area contributed by atoms with Gasteiger partial charge in [0.25, 0.3) is 0 Å². The number of hydrogen-bond acceptors (Lipinski definition) is 6. The average molecular weight is 380 g/mol. The van der Waals surface area contributed by atoms with E-state index in [0.29, 0.717) is 24.3 Å². The van der Waals surface area contributed by atoms with E-state index < -0.39 is 11.4 Å². The Balaban J connectivity index is 1.87. The highest BCUT2D eigenvalue weighted by molar-refractivity contribution is 6.24. The number of esters is 1. The highest BCUT2D eigenvalue weighted by Gasteiger charge is 2.64. The summed E-state index contributed by atoms with van der Waals surface area (Å²) >= 11 is 0. The van der Waals surface area contributed by atoms with Crippen LogP contribution in [0.15, 0.2) is 41.0 Å². The Morgan fingerprint density at radius 2 is 2.11 bits per heavy atom. The van der Waals surface area contributed by atoms with Crippen LogP contribution in [0.25, 0.3) is 0 Å². The number of ether oxygens (including phenoxy) is 2. The first-order valence-corrected chi connectivity index (χ1v) is 9.58. The Bertz CT molecular complexity index is 1020. The van der Waals surface area contributed by atoms with Gasteiger partial charge in [-0.05, 0) is 25.3 Å². The van der Waals surface area contributed by atoms with Crippen molar-refractivity contribution in [3.63, 3.8) is 0 Å². The Labute approximate surface area is 161 Å². The van der Waals surface area contributed by atoms with Crippen molar-refractivity contribution in [1.82, 2.24) is 0 Å². The Kier molecular flexibility index (Phi) is 3.47. The molecule has 0 bridgehead atoms. The van der Waals surface area contributed by atoms with Gasteiger partial charge in [-0.2, -0.15) is 0 Å². The van der Waals surface area contributed by atoms with Crippen LogP contribution < -0.4 is 10.6 Å². The van der Waals surface area contributed by atoms with Crippen molar-refractivity contribution < 1.29 is 23.9 Å². The molecule has 1 aliphatic carbocycles. The zero-order valence-corrected chi connectivity index (χ0v) is 15.5. The SMILES string of the molecule is CCOC(=O)C1=C(N)OC2=C(C(=O)CC2)C12C(=O)N1CCCc3cccc2c31. The zero-order valence-electron chi connectivity index (χ0n) is 15.5. The first kappa shape index (κ1) is 17.0. The zero-order chi connectivity index (χ0) is 19.6. The molecule has 0 saturated carbocycles. The summed E-state index contributed by atoms with van der Waals surface area (Å²) in [7, 11) is 0. The topological polar surface area (TPSA) is 98.9 Å². The molecule has 5 rings (SSSR count). The molecule has 1 amide bonds. The largest absolute Gasteiger partial charge is 0.462 e. The van der Waals surface area contributed by atoms with Gasteiger partial charge in [-0.15, -0.1) is 0 Å². The molecule has 7 heteroatoms. The number of Topliss-reactive ketones (excluding diaryl/α,β-unsaturated/α-hetero) is 1. The summed E-state index contributed by atoms with van der Waals surface area (Å²) in [6, 6.07) is 5.67. The Hall–Kier alpha value is -3.09. The number of hydrogen-bond donors (Lipinski definition) is 1. The van der Waals surface area contributed by atoms with Crippen LogP contribution in [0.1, 0.15) is 37.3 Å². The van der Waals surface area contributed by atoms with E-state index in [9.17, 15) is 14.4 Å². The van der Waals surface area contributed by atoms with Crippen LogP contribution in [0, 0.1) is 0 Å². The van der Waals surface area contributed by atoms with Crippen LogP contribution in [-0.4, -0.2) is 30.8 Å². The van der Waals surface area contributed by atoms with Crippen LogP contribution in [0.3, 0.4) is 0 Å². The summed E-state index contributed by atoms with van der Waals surface area (Å²) in [6.45, 7) is 2.34. The number of nitrogens with zero attached hydrogens (tertiary/aromatic N) is 1. The third-order valence-corrected chi connectivity index (χ3v) is 6.03. The highest BCUT2D eigenvalue weighted by Crippen LogP contribution is 2.58. The minimum Gasteiger partial charge on any atom is -0.462 e. The Morgan fingerprint density at radius 1 is 1.29 bits per heavy atom. The summed E-state index contributed by atoms with van der Waals surface area (Å²) in [4.78, 5) is 41.5. The minimum atomic E-state index is -1.58. The maximum Gasteiger partial charge on any atom is 0.341 e. The van der Waals surface area contributed by atoms with Gasteiger partial charge >= 0.3 is 5.97 Å². The van der Waals surface area contributed by atoms with Crippen molar-refractivity contribution in [2.24, 2.45) is 5.73 Å². The summed E-state index contributed by atoms with van der Waals surface area (Å²) < 4.78 is 10.9. The fraction of sp³-hybridized carbons (Fsp3) is 0.381. The smallest absolute Gasteiger partial charge is 0.341 e. The molecule has 144 valence electrons. The second-order valence-corrected chi connectivity index (χ2v) is 7.41. The monoisotopic (exact) mass is 380 g/mol. The lowest BCUT2D eigenvalue weighted by Crippen LogP contribution is -2.50. The number of fused-ring (bicyclic) bond motifs is 2. The molecule has 0 aromatic heterocycles. The molecule has 1 aromatic carbocycles. The molecule has 1 atom stereocenters. The number of ketones is 1. The van der Waals surface area contributed by atoms with Crippen LogP contribution in [-0.2, 0) is 35.7 Å². The van der Waals surface area contributed by atoms with Gasteiger partial charge in [-0.25, -0.2) is 4.79 Å². The molecule has 4 aliphatic rings. The van der Waals surface area contributed by atoms with E-state index in [2.05, 4.69) is 0 Å². The third-order valence-electron chi connectivity index (χ3n) is 6.03. The molecule has 0 saturated heterocycles. The molecular formula is C21H20N2O5. The lowest BCUT2D eigenvalue weighted by Gasteiger charge is -2.35. The van der Waals surface area contributed by atoms with Crippen LogP contribution in [0.5, 0.6) is 0 Å².